The van der Waals surface area contributed by atoms with E-state index in [1.165, 1.54) is 7.11 Å². The Kier molecular flexibility index (Phi) is 4.17. The Labute approximate surface area is 94.6 Å². The summed E-state index contributed by atoms with van der Waals surface area (Å²) in [7, 11) is 1.31. The van der Waals surface area contributed by atoms with E-state index in [4.69, 9.17) is 0 Å². The van der Waals surface area contributed by atoms with E-state index in [0.717, 1.165) is 5.56 Å². The van der Waals surface area contributed by atoms with Gasteiger partial charge in [-0.1, -0.05) is 13.0 Å². The highest BCUT2D eigenvalue weighted by Crippen LogP contribution is 2.09. The van der Waals surface area contributed by atoms with Crippen molar-refractivity contribution in [2.45, 2.75) is 26.7 Å². The van der Waals surface area contributed by atoms with Crippen molar-refractivity contribution in [3.8, 4) is 0 Å². The first kappa shape index (κ1) is 12.4. The molecule has 16 heavy (non-hydrogen) atoms. The molecule has 0 aliphatic rings. The molecule has 0 atom stereocenters. The van der Waals surface area contributed by atoms with E-state index in [1.54, 1.807) is 19.1 Å². The van der Waals surface area contributed by atoms with E-state index in [-0.39, 0.29) is 11.5 Å². The van der Waals surface area contributed by atoms with Crippen LogP contribution in [0.3, 0.4) is 0 Å². The number of methoxy groups -OCH3 is 1. The number of esters is 1. The van der Waals surface area contributed by atoms with Crippen LogP contribution in [-0.2, 0) is 16.0 Å². The molecule has 1 aromatic heterocycles. The number of aromatic nitrogens is 1. The highest BCUT2D eigenvalue weighted by molar-refractivity contribution is 5.87. The number of ketones is 1. The maximum atomic E-state index is 11.3. The van der Waals surface area contributed by atoms with Gasteiger partial charge >= 0.3 is 5.97 Å². The molecule has 0 bridgehead atoms. The van der Waals surface area contributed by atoms with Crippen LogP contribution in [0.15, 0.2) is 12.1 Å². The first-order valence-corrected chi connectivity index (χ1v) is 5.15. The van der Waals surface area contributed by atoms with Crippen LogP contribution >= 0.6 is 0 Å². The number of ether oxygens (including phenoxy) is 1. The molecule has 0 aliphatic carbocycles. The smallest absolute Gasteiger partial charge is 0.356 e. The summed E-state index contributed by atoms with van der Waals surface area (Å²) >= 11 is 0. The average Bonchev–Trinajstić information content (AvgIpc) is 2.30. The zero-order valence-corrected chi connectivity index (χ0v) is 9.74. The number of pyridine rings is 1. The number of Topliss-reactive ketones (excluding diaryl/α,β-unsaturated/α-hetero) is 1. The van der Waals surface area contributed by atoms with E-state index in [0.29, 0.717) is 18.5 Å². The van der Waals surface area contributed by atoms with Gasteiger partial charge in [-0.05, 0) is 18.6 Å². The van der Waals surface area contributed by atoms with Crippen molar-refractivity contribution in [2.75, 3.05) is 7.11 Å². The molecular weight excluding hydrogens is 206 g/mol. The lowest BCUT2D eigenvalue weighted by molar-refractivity contribution is -0.118. The molecular formula is C12H15NO3. The molecule has 4 heteroatoms. The normalized spacial score (nSPS) is 9.94. The Hall–Kier alpha value is -1.71. The number of nitrogens with zero attached hydrogens (tertiary/aromatic N) is 1. The van der Waals surface area contributed by atoms with E-state index in [1.807, 2.05) is 6.92 Å². The predicted molar refractivity (Wildman–Crippen MR) is 59.3 cm³/mol. The molecule has 1 rings (SSSR count). The van der Waals surface area contributed by atoms with Gasteiger partial charge < -0.3 is 4.74 Å². The Morgan fingerprint density at radius 2 is 2.06 bits per heavy atom. The number of carbonyl (C=O) groups excluding carboxylic acids is 2. The standard InChI is InChI=1S/C12H15NO3/c1-4-10(14)7-9-5-6-11(12(15)16-3)13-8(9)2/h5-6H,4,7H2,1-3H3. The summed E-state index contributed by atoms with van der Waals surface area (Å²) in [5.74, 6) is -0.299. The van der Waals surface area contributed by atoms with Gasteiger partial charge in [0.2, 0.25) is 0 Å². The number of aryl methyl sites for hydroxylation is 1. The highest BCUT2D eigenvalue weighted by atomic mass is 16.5. The van der Waals surface area contributed by atoms with Crippen molar-refractivity contribution in [3.63, 3.8) is 0 Å². The SMILES string of the molecule is CCC(=O)Cc1ccc(C(=O)OC)nc1C. The molecule has 86 valence electrons. The minimum absolute atomic E-state index is 0.163. The predicted octanol–water partition coefficient (Wildman–Crippen LogP) is 1.70. The summed E-state index contributed by atoms with van der Waals surface area (Å²) in [6, 6.07) is 3.33. The fraction of sp³-hybridized carbons (Fsp3) is 0.417. The van der Waals surface area contributed by atoms with E-state index in [2.05, 4.69) is 9.72 Å². The van der Waals surface area contributed by atoms with Crippen LogP contribution in [0.1, 0.15) is 35.1 Å². The maximum Gasteiger partial charge on any atom is 0.356 e. The van der Waals surface area contributed by atoms with Gasteiger partial charge in [-0.3, -0.25) is 4.79 Å². The van der Waals surface area contributed by atoms with Crippen molar-refractivity contribution >= 4 is 11.8 Å². The minimum atomic E-state index is -0.462. The number of hydrogen-bond acceptors (Lipinski definition) is 4. The molecule has 0 fully saturated rings. The van der Waals surface area contributed by atoms with Crippen LogP contribution in [0, 0.1) is 6.92 Å². The topological polar surface area (TPSA) is 56.3 Å². The first-order chi connectivity index (χ1) is 7.58. The number of hydrogen-bond donors (Lipinski definition) is 0. The zero-order chi connectivity index (χ0) is 12.1. The monoisotopic (exact) mass is 221 g/mol. The van der Waals surface area contributed by atoms with Crippen molar-refractivity contribution in [1.82, 2.24) is 4.98 Å². The van der Waals surface area contributed by atoms with Crippen LogP contribution in [0.5, 0.6) is 0 Å². The summed E-state index contributed by atoms with van der Waals surface area (Å²) in [6.45, 7) is 3.61. The molecule has 0 saturated heterocycles. The van der Waals surface area contributed by atoms with Gasteiger partial charge in [0.05, 0.1) is 7.11 Å². The van der Waals surface area contributed by atoms with Gasteiger partial charge in [0, 0.05) is 18.5 Å². The Balaban J connectivity index is 2.91. The molecule has 1 aromatic rings. The molecule has 0 aliphatic heterocycles. The van der Waals surface area contributed by atoms with Gasteiger partial charge in [0.25, 0.3) is 0 Å². The molecule has 0 saturated carbocycles. The van der Waals surface area contributed by atoms with E-state index >= 15 is 0 Å². The van der Waals surface area contributed by atoms with E-state index < -0.39 is 5.97 Å². The second kappa shape index (κ2) is 5.39. The lowest BCUT2D eigenvalue weighted by atomic mass is 10.1. The molecule has 0 unspecified atom stereocenters. The van der Waals surface area contributed by atoms with Gasteiger partial charge in [0.15, 0.2) is 0 Å². The zero-order valence-electron chi connectivity index (χ0n) is 9.74. The molecule has 4 nitrogen and oxygen atoms in total. The Bertz CT molecular complexity index is 413. The van der Waals surface area contributed by atoms with Crippen LogP contribution in [0.25, 0.3) is 0 Å². The quantitative estimate of drug-likeness (QED) is 0.726. The van der Waals surface area contributed by atoms with Crippen LogP contribution in [0.4, 0.5) is 0 Å². The fourth-order valence-corrected chi connectivity index (χ4v) is 1.33. The molecule has 0 aromatic carbocycles. The molecule has 0 N–H and O–H groups in total. The third-order valence-electron chi connectivity index (χ3n) is 2.37. The fourth-order valence-electron chi connectivity index (χ4n) is 1.33. The lowest BCUT2D eigenvalue weighted by Gasteiger charge is -2.05. The van der Waals surface area contributed by atoms with Crippen LogP contribution in [-0.4, -0.2) is 23.8 Å². The molecule has 1 heterocycles. The van der Waals surface area contributed by atoms with Crippen LogP contribution in [0.2, 0.25) is 0 Å². The van der Waals surface area contributed by atoms with Gasteiger partial charge in [-0.2, -0.15) is 0 Å². The van der Waals surface area contributed by atoms with Crippen LogP contribution < -0.4 is 0 Å². The van der Waals surface area contributed by atoms with Gasteiger partial charge in [0.1, 0.15) is 11.5 Å². The van der Waals surface area contributed by atoms with Gasteiger partial charge in [-0.25, -0.2) is 9.78 Å². The van der Waals surface area contributed by atoms with Gasteiger partial charge in [-0.15, -0.1) is 0 Å². The number of rotatable bonds is 4. The Morgan fingerprint density at radius 3 is 2.56 bits per heavy atom. The second-order valence-electron chi connectivity index (χ2n) is 3.50. The van der Waals surface area contributed by atoms with Crippen molar-refractivity contribution in [2.24, 2.45) is 0 Å². The second-order valence-corrected chi connectivity index (χ2v) is 3.50. The maximum absolute atomic E-state index is 11.3. The van der Waals surface area contributed by atoms with Crippen molar-refractivity contribution in [3.05, 3.63) is 29.1 Å². The van der Waals surface area contributed by atoms with Crippen molar-refractivity contribution in [1.29, 1.82) is 0 Å². The minimum Gasteiger partial charge on any atom is -0.464 e. The Morgan fingerprint density at radius 1 is 1.38 bits per heavy atom. The van der Waals surface area contributed by atoms with E-state index in [9.17, 15) is 9.59 Å². The first-order valence-electron chi connectivity index (χ1n) is 5.15. The summed E-state index contributed by atoms with van der Waals surface area (Å²) in [4.78, 5) is 26.6. The summed E-state index contributed by atoms with van der Waals surface area (Å²) in [5.41, 5.74) is 1.83. The van der Waals surface area contributed by atoms with Crippen molar-refractivity contribution < 1.29 is 14.3 Å². The number of carbonyl (C=O) groups is 2. The third kappa shape index (κ3) is 2.89. The third-order valence-corrected chi connectivity index (χ3v) is 2.37. The molecule has 0 spiro atoms. The average molecular weight is 221 g/mol. The lowest BCUT2D eigenvalue weighted by Crippen LogP contribution is -2.08. The molecule has 0 radical (unpaired) electrons. The summed E-state index contributed by atoms with van der Waals surface area (Å²) in [6.07, 6.45) is 0.884. The largest absolute Gasteiger partial charge is 0.464 e. The molecule has 0 amide bonds. The highest BCUT2D eigenvalue weighted by Gasteiger charge is 2.10. The summed E-state index contributed by atoms with van der Waals surface area (Å²) < 4.78 is 4.57. The summed E-state index contributed by atoms with van der Waals surface area (Å²) in [5, 5.41) is 0.